The normalized spacial score (nSPS) is 8.92. The fourth-order valence-electron chi connectivity index (χ4n) is 0.851. The van der Waals surface area contributed by atoms with Crippen molar-refractivity contribution in [1.29, 1.82) is 5.26 Å². The van der Waals surface area contributed by atoms with E-state index in [1.165, 1.54) is 19.4 Å². The van der Waals surface area contributed by atoms with E-state index in [9.17, 15) is 10.1 Å². The summed E-state index contributed by atoms with van der Waals surface area (Å²) in [5, 5.41) is 19.0. The van der Waals surface area contributed by atoms with Crippen molar-refractivity contribution >= 4 is 5.69 Å². The van der Waals surface area contributed by atoms with Crippen molar-refractivity contribution in [3.8, 4) is 11.9 Å². The zero-order valence-electron chi connectivity index (χ0n) is 6.72. The molecule has 0 saturated carbocycles. The van der Waals surface area contributed by atoms with Crippen LogP contribution in [0.25, 0.3) is 0 Å². The Morgan fingerprint density at radius 1 is 1.77 bits per heavy atom. The summed E-state index contributed by atoms with van der Waals surface area (Å²) < 4.78 is 4.65. The summed E-state index contributed by atoms with van der Waals surface area (Å²) in [4.78, 5) is 13.4. The van der Waals surface area contributed by atoms with Crippen molar-refractivity contribution in [2.24, 2.45) is 0 Å². The number of rotatable bonds is 2. The van der Waals surface area contributed by atoms with Gasteiger partial charge in [0.1, 0.15) is 11.6 Å². The van der Waals surface area contributed by atoms with Crippen LogP contribution >= 0.6 is 0 Å². The highest BCUT2D eigenvalue weighted by Crippen LogP contribution is 2.26. The molecule has 0 spiro atoms. The Kier molecular flexibility index (Phi) is 2.40. The molecule has 0 atom stereocenters. The minimum Gasteiger partial charge on any atom is -0.476 e. The standard InChI is InChI=1S/C7H5N3O3/c1-13-7-6(10(11)12)5(4-8)2-3-9-7/h2-3H,1H3. The summed E-state index contributed by atoms with van der Waals surface area (Å²) >= 11 is 0. The van der Waals surface area contributed by atoms with E-state index in [4.69, 9.17) is 5.26 Å². The van der Waals surface area contributed by atoms with Crippen LogP contribution in [-0.2, 0) is 0 Å². The van der Waals surface area contributed by atoms with Gasteiger partial charge in [0.25, 0.3) is 5.88 Å². The Morgan fingerprint density at radius 3 is 2.92 bits per heavy atom. The van der Waals surface area contributed by atoms with E-state index in [0.29, 0.717) is 0 Å². The Labute approximate surface area is 73.5 Å². The van der Waals surface area contributed by atoms with Gasteiger partial charge in [0.15, 0.2) is 0 Å². The molecule has 1 aromatic heterocycles. The van der Waals surface area contributed by atoms with E-state index >= 15 is 0 Å². The quantitative estimate of drug-likeness (QED) is 0.496. The van der Waals surface area contributed by atoms with E-state index in [1.807, 2.05) is 0 Å². The van der Waals surface area contributed by atoms with E-state index in [2.05, 4.69) is 9.72 Å². The van der Waals surface area contributed by atoms with Crippen LogP contribution in [0.5, 0.6) is 5.88 Å². The Morgan fingerprint density at radius 2 is 2.46 bits per heavy atom. The molecule has 1 rings (SSSR count). The van der Waals surface area contributed by atoms with Gasteiger partial charge in [-0.1, -0.05) is 0 Å². The second-order valence-electron chi connectivity index (χ2n) is 2.09. The van der Waals surface area contributed by atoms with Gasteiger partial charge in [0, 0.05) is 6.20 Å². The maximum Gasteiger partial charge on any atom is 0.348 e. The lowest BCUT2D eigenvalue weighted by molar-refractivity contribution is -0.386. The van der Waals surface area contributed by atoms with Gasteiger partial charge in [0.2, 0.25) is 0 Å². The van der Waals surface area contributed by atoms with Gasteiger partial charge < -0.3 is 4.74 Å². The van der Waals surface area contributed by atoms with Crippen molar-refractivity contribution < 1.29 is 9.66 Å². The van der Waals surface area contributed by atoms with E-state index < -0.39 is 10.6 Å². The van der Waals surface area contributed by atoms with Crippen LogP contribution in [0.3, 0.4) is 0 Å². The Bertz CT molecular complexity index is 383. The molecule has 1 aromatic rings. The molecular weight excluding hydrogens is 174 g/mol. The zero-order chi connectivity index (χ0) is 9.84. The molecule has 0 aliphatic rings. The summed E-state index contributed by atoms with van der Waals surface area (Å²) in [5.41, 5.74) is -0.454. The lowest BCUT2D eigenvalue weighted by Gasteiger charge is -1.99. The minimum absolute atomic E-state index is 0.0585. The molecule has 1 heterocycles. The topological polar surface area (TPSA) is 89.0 Å². The monoisotopic (exact) mass is 179 g/mol. The minimum atomic E-state index is -0.690. The highest BCUT2D eigenvalue weighted by atomic mass is 16.6. The third-order valence-corrected chi connectivity index (χ3v) is 1.39. The first-order valence-electron chi connectivity index (χ1n) is 3.28. The molecule has 0 saturated heterocycles. The van der Waals surface area contributed by atoms with Crippen LogP contribution in [0.2, 0.25) is 0 Å². The third-order valence-electron chi connectivity index (χ3n) is 1.39. The first-order chi connectivity index (χ1) is 6.20. The number of nitro groups is 1. The van der Waals surface area contributed by atoms with Crippen molar-refractivity contribution in [3.05, 3.63) is 27.9 Å². The lowest BCUT2D eigenvalue weighted by Crippen LogP contribution is -1.98. The number of pyridine rings is 1. The molecule has 0 unspecified atom stereocenters. The second kappa shape index (κ2) is 3.49. The zero-order valence-corrected chi connectivity index (χ0v) is 6.72. The third kappa shape index (κ3) is 1.54. The van der Waals surface area contributed by atoms with Crippen LogP contribution in [-0.4, -0.2) is 17.0 Å². The number of nitriles is 1. The maximum absolute atomic E-state index is 10.5. The van der Waals surface area contributed by atoms with Gasteiger partial charge in [-0.3, -0.25) is 10.1 Å². The fraction of sp³-hybridized carbons (Fsp3) is 0.143. The number of methoxy groups -OCH3 is 1. The van der Waals surface area contributed by atoms with Crippen molar-refractivity contribution in [3.63, 3.8) is 0 Å². The van der Waals surface area contributed by atoms with Crippen LogP contribution in [0.4, 0.5) is 5.69 Å². The molecule has 6 nitrogen and oxygen atoms in total. The summed E-state index contributed by atoms with van der Waals surface area (Å²) in [6, 6.07) is 2.95. The fourth-order valence-corrected chi connectivity index (χ4v) is 0.851. The summed E-state index contributed by atoms with van der Waals surface area (Å²) in [7, 11) is 1.26. The SMILES string of the molecule is COc1nccc(C#N)c1[N+](=O)[O-]. The number of hydrogen-bond acceptors (Lipinski definition) is 5. The first kappa shape index (κ1) is 8.93. The molecule has 0 aliphatic heterocycles. The van der Waals surface area contributed by atoms with Crippen molar-refractivity contribution in [2.45, 2.75) is 0 Å². The number of nitrogens with zero attached hydrogens (tertiary/aromatic N) is 3. The highest BCUT2D eigenvalue weighted by molar-refractivity contribution is 5.54. The molecule has 0 aromatic carbocycles. The predicted molar refractivity (Wildman–Crippen MR) is 42.2 cm³/mol. The number of aromatic nitrogens is 1. The van der Waals surface area contributed by atoms with E-state index in [-0.39, 0.29) is 11.4 Å². The average molecular weight is 179 g/mol. The predicted octanol–water partition coefficient (Wildman–Crippen LogP) is 0.870. The number of hydrogen-bond donors (Lipinski definition) is 0. The van der Waals surface area contributed by atoms with Gasteiger partial charge in [-0.2, -0.15) is 5.26 Å². The van der Waals surface area contributed by atoms with Crippen LogP contribution in [0.15, 0.2) is 12.3 Å². The smallest absolute Gasteiger partial charge is 0.348 e. The van der Waals surface area contributed by atoms with Gasteiger partial charge in [-0.25, -0.2) is 4.98 Å². The summed E-state index contributed by atoms with van der Waals surface area (Å²) in [6.07, 6.45) is 1.28. The van der Waals surface area contributed by atoms with Gasteiger partial charge >= 0.3 is 5.69 Å². The van der Waals surface area contributed by atoms with Crippen molar-refractivity contribution in [1.82, 2.24) is 4.98 Å². The second-order valence-corrected chi connectivity index (χ2v) is 2.09. The van der Waals surface area contributed by atoms with E-state index in [1.54, 1.807) is 6.07 Å². The van der Waals surface area contributed by atoms with Gasteiger partial charge in [0.05, 0.1) is 12.0 Å². The molecule has 0 bridgehead atoms. The first-order valence-corrected chi connectivity index (χ1v) is 3.28. The van der Waals surface area contributed by atoms with E-state index in [0.717, 1.165) is 0 Å². The Balaban J connectivity index is 3.41. The highest BCUT2D eigenvalue weighted by Gasteiger charge is 2.21. The van der Waals surface area contributed by atoms with Gasteiger partial charge in [-0.05, 0) is 6.07 Å². The lowest BCUT2D eigenvalue weighted by atomic mass is 10.2. The van der Waals surface area contributed by atoms with Crippen LogP contribution in [0, 0.1) is 21.4 Å². The van der Waals surface area contributed by atoms with Crippen LogP contribution in [0.1, 0.15) is 5.56 Å². The summed E-state index contributed by atoms with van der Waals surface area (Å²) in [6.45, 7) is 0. The molecule has 0 amide bonds. The Hall–Kier alpha value is -2.16. The molecule has 0 N–H and O–H groups in total. The van der Waals surface area contributed by atoms with Crippen molar-refractivity contribution in [2.75, 3.05) is 7.11 Å². The summed E-state index contributed by atoms with van der Waals surface area (Å²) in [5.74, 6) is -0.149. The number of ether oxygens (including phenoxy) is 1. The molecule has 0 aliphatic carbocycles. The van der Waals surface area contributed by atoms with Crippen LogP contribution < -0.4 is 4.74 Å². The molecule has 13 heavy (non-hydrogen) atoms. The molecular formula is C7H5N3O3. The molecule has 0 fully saturated rings. The largest absolute Gasteiger partial charge is 0.476 e. The average Bonchev–Trinajstić information content (AvgIpc) is 2.16. The molecule has 6 heteroatoms. The molecule has 66 valence electrons. The van der Waals surface area contributed by atoms with Gasteiger partial charge in [-0.15, -0.1) is 0 Å². The molecule has 0 radical (unpaired) electrons. The maximum atomic E-state index is 10.5.